The number of amides is 3. The van der Waals surface area contributed by atoms with Gasteiger partial charge in [0.1, 0.15) is 10.7 Å². The van der Waals surface area contributed by atoms with E-state index in [1.807, 2.05) is 24.0 Å². The number of likely N-dealkylation sites (tertiary alicyclic amines) is 1. The molecule has 0 radical (unpaired) electrons. The van der Waals surface area contributed by atoms with Gasteiger partial charge in [-0.25, -0.2) is 4.90 Å². The summed E-state index contributed by atoms with van der Waals surface area (Å²) < 4.78 is 0. The molecule has 1 fully saturated rings. The summed E-state index contributed by atoms with van der Waals surface area (Å²) in [6.07, 6.45) is 4.18. The fourth-order valence-corrected chi connectivity index (χ4v) is 4.45. The molecule has 0 aromatic heterocycles. The molecule has 0 aliphatic carbocycles. The number of anilines is 2. The first-order valence-corrected chi connectivity index (χ1v) is 11.3. The van der Waals surface area contributed by atoms with Crippen molar-refractivity contribution >= 4 is 40.7 Å². The molecular weight excluding hydrogens is 426 g/mol. The number of piperidine rings is 1. The zero-order chi connectivity index (χ0) is 22.8. The van der Waals surface area contributed by atoms with Crippen molar-refractivity contribution in [2.75, 3.05) is 16.8 Å². The van der Waals surface area contributed by atoms with E-state index in [4.69, 9.17) is 11.6 Å². The SMILES string of the molecule is CCC1CCCCN1C(=O)c1ccc(NC2=C(Cl)C(=O)N(c3ccc(C)cc3)C2=O)cc1. The number of hydrogen-bond acceptors (Lipinski definition) is 4. The van der Waals surface area contributed by atoms with Gasteiger partial charge in [0.05, 0.1) is 5.69 Å². The molecule has 2 aliphatic heterocycles. The molecule has 32 heavy (non-hydrogen) atoms. The minimum absolute atomic E-state index is 0.0259. The maximum atomic E-state index is 13.0. The Morgan fingerprint density at radius 3 is 2.38 bits per heavy atom. The number of carbonyl (C=O) groups excluding carboxylic acids is 3. The van der Waals surface area contributed by atoms with Crippen molar-refractivity contribution in [1.29, 1.82) is 0 Å². The maximum absolute atomic E-state index is 13.0. The fourth-order valence-electron chi connectivity index (χ4n) is 4.24. The Kier molecular flexibility index (Phi) is 6.33. The number of benzene rings is 2. The van der Waals surface area contributed by atoms with Crippen LogP contribution in [0.3, 0.4) is 0 Å². The fraction of sp³-hybridized carbons (Fsp3) is 0.320. The number of rotatable bonds is 5. The van der Waals surface area contributed by atoms with Gasteiger partial charge in [0, 0.05) is 23.8 Å². The van der Waals surface area contributed by atoms with Crippen molar-refractivity contribution in [3.63, 3.8) is 0 Å². The van der Waals surface area contributed by atoms with E-state index in [0.717, 1.165) is 42.7 Å². The molecule has 1 saturated heterocycles. The first-order valence-electron chi connectivity index (χ1n) is 10.9. The van der Waals surface area contributed by atoms with Gasteiger partial charge in [0.15, 0.2) is 0 Å². The molecule has 1 N–H and O–H groups in total. The van der Waals surface area contributed by atoms with E-state index in [9.17, 15) is 14.4 Å². The average Bonchev–Trinajstić information content (AvgIpc) is 3.03. The molecule has 1 atom stereocenters. The molecule has 2 aromatic rings. The third kappa shape index (κ3) is 4.15. The van der Waals surface area contributed by atoms with Crippen LogP contribution in [0.2, 0.25) is 0 Å². The number of halogens is 1. The molecular formula is C25H26ClN3O3. The van der Waals surface area contributed by atoms with Gasteiger partial charge in [-0.3, -0.25) is 14.4 Å². The van der Waals surface area contributed by atoms with E-state index in [2.05, 4.69) is 12.2 Å². The van der Waals surface area contributed by atoms with E-state index >= 15 is 0 Å². The lowest BCUT2D eigenvalue weighted by Gasteiger charge is -2.35. The van der Waals surface area contributed by atoms with Gasteiger partial charge in [-0.1, -0.05) is 36.2 Å². The minimum Gasteiger partial charge on any atom is -0.350 e. The van der Waals surface area contributed by atoms with Gasteiger partial charge in [0.25, 0.3) is 17.7 Å². The Hall–Kier alpha value is -3.12. The van der Waals surface area contributed by atoms with Gasteiger partial charge < -0.3 is 10.2 Å². The molecule has 0 saturated carbocycles. The van der Waals surface area contributed by atoms with Crippen LogP contribution in [0.1, 0.15) is 48.5 Å². The van der Waals surface area contributed by atoms with Gasteiger partial charge in [-0.05, 0) is 69.0 Å². The summed E-state index contributed by atoms with van der Waals surface area (Å²) in [5, 5.41) is 2.80. The quantitative estimate of drug-likeness (QED) is 0.660. The van der Waals surface area contributed by atoms with Crippen molar-refractivity contribution in [1.82, 2.24) is 4.90 Å². The largest absolute Gasteiger partial charge is 0.350 e. The normalized spacial score (nSPS) is 19.0. The second kappa shape index (κ2) is 9.17. The molecule has 6 nitrogen and oxygen atoms in total. The number of hydrogen-bond donors (Lipinski definition) is 1. The van der Waals surface area contributed by atoms with Crippen LogP contribution in [0.25, 0.3) is 0 Å². The molecule has 0 bridgehead atoms. The van der Waals surface area contributed by atoms with Crippen LogP contribution in [0, 0.1) is 6.92 Å². The molecule has 2 aliphatic rings. The molecule has 166 valence electrons. The summed E-state index contributed by atoms with van der Waals surface area (Å²) >= 11 is 6.21. The minimum atomic E-state index is -0.564. The van der Waals surface area contributed by atoms with E-state index in [1.54, 1.807) is 36.4 Å². The van der Waals surface area contributed by atoms with E-state index < -0.39 is 11.8 Å². The predicted molar refractivity (Wildman–Crippen MR) is 126 cm³/mol. The Labute approximate surface area is 192 Å². The highest BCUT2D eigenvalue weighted by Crippen LogP contribution is 2.30. The molecule has 4 rings (SSSR count). The zero-order valence-corrected chi connectivity index (χ0v) is 19.0. The lowest BCUT2D eigenvalue weighted by atomic mass is 9.99. The summed E-state index contributed by atoms with van der Waals surface area (Å²) in [6.45, 7) is 4.82. The van der Waals surface area contributed by atoms with E-state index in [0.29, 0.717) is 16.9 Å². The first kappa shape index (κ1) is 22.1. The molecule has 2 aromatic carbocycles. The Balaban J connectivity index is 1.49. The topological polar surface area (TPSA) is 69.7 Å². The summed E-state index contributed by atoms with van der Waals surface area (Å²) in [4.78, 5) is 41.5. The number of nitrogens with one attached hydrogen (secondary N) is 1. The van der Waals surface area contributed by atoms with Crippen LogP contribution >= 0.6 is 11.6 Å². The van der Waals surface area contributed by atoms with Crippen LogP contribution in [0.15, 0.2) is 59.3 Å². The Bertz CT molecular complexity index is 1080. The molecule has 1 unspecified atom stereocenters. The van der Waals surface area contributed by atoms with Crippen LogP contribution in [-0.2, 0) is 9.59 Å². The second-order valence-corrected chi connectivity index (χ2v) is 8.61. The molecule has 2 heterocycles. The van der Waals surface area contributed by atoms with Crippen molar-refractivity contribution in [3.05, 3.63) is 70.4 Å². The number of aryl methyl sites for hydroxylation is 1. The van der Waals surface area contributed by atoms with Crippen LogP contribution in [0.5, 0.6) is 0 Å². The van der Waals surface area contributed by atoms with Gasteiger partial charge in [0.2, 0.25) is 0 Å². The first-order chi connectivity index (χ1) is 15.4. The van der Waals surface area contributed by atoms with Crippen LogP contribution < -0.4 is 10.2 Å². The molecule has 3 amide bonds. The third-order valence-corrected chi connectivity index (χ3v) is 6.43. The van der Waals surface area contributed by atoms with Gasteiger partial charge in [-0.15, -0.1) is 0 Å². The standard InChI is InChI=1S/C25H26ClN3O3/c1-3-19-6-4-5-15-28(19)23(30)17-9-11-18(12-10-17)27-22-21(26)24(31)29(25(22)32)20-13-7-16(2)8-14-20/h7-14,19,27H,3-6,15H2,1-2H3. The highest BCUT2D eigenvalue weighted by Gasteiger charge is 2.39. The number of imide groups is 1. The lowest BCUT2D eigenvalue weighted by molar-refractivity contribution is -0.120. The van der Waals surface area contributed by atoms with Crippen molar-refractivity contribution in [2.45, 2.75) is 45.6 Å². The zero-order valence-electron chi connectivity index (χ0n) is 18.2. The summed E-state index contributed by atoms with van der Waals surface area (Å²) in [5.74, 6) is -1.05. The highest BCUT2D eigenvalue weighted by atomic mass is 35.5. The summed E-state index contributed by atoms with van der Waals surface area (Å²) in [5.41, 5.74) is 2.69. The Morgan fingerprint density at radius 1 is 1.03 bits per heavy atom. The third-order valence-electron chi connectivity index (χ3n) is 6.08. The van der Waals surface area contributed by atoms with Crippen molar-refractivity contribution in [3.8, 4) is 0 Å². The average molecular weight is 452 g/mol. The lowest BCUT2D eigenvalue weighted by Crippen LogP contribution is -2.43. The van der Waals surface area contributed by atoms with E-state index in [-0.39, 0.29) is 22.7 Å². The number of nitrogens with zero attached hydrogens (tertiary/aromatic N) is 2. The van der Waals surface area contributed by atoms with E-state index in [1.165, 1.54) is 0 Å². The molecule has 7 heteroatoms. The van der Waals surface area contributed by atoms with Crippen LogP contribution in [-0.4, -0.2) is 35.2 Å². The number of carbonyl (C=O) groups is 3. The van der Waals surface area contributed by atoms with Crippen molar-refractivity contribution < 1.29 is 14.4 Å². The summed E-state index contributed by atoms with van der Waals surface area (Å²) in [7, 11) is 0. The van der Waals surface area contributed by atoms with Gasteiger partial charge >= 0.3 is 0 Å². The van der Waals surface area contributed by atoms with Crippen LogP contribution in [0.4, 0.5) is 11.4 Å². The second-order valence-electron chi connectivity index (χ2n) is 8.23. The Morgan fingerprint density at radius 2 is 1.72 bits per heavy atom. The summed E-state index contributed by atoms with van der Waals surface area (Å²) in [6, 6.07) is 14.3. The smallest absolute Gasteiger partial charge is 0.283 e. The molecule has 0 spiro atoms. The maximum Gasteiger partial charge on any atom is 0.283 e. The monoisotopic (exact) mass is 451 g/mol. The van der Waals surface area contributed by atoms with Crippen molar-refractivity contribution in [2.24, 2.45) is 0 Å². The predicted octanol–water partition coefficient (Wildman–Crippen LogP) is 4.84. The highest BCUT2D eigenvalue weighted by molar-refractivity contribution is 6.53. The van der Waals surface area contributed by atoms with Gasteiger partial charge in [-0.2, -0.15) is 0 Å².